The van der Waals surface area contributed by atoms with Gasteiger partial charge in [-0.15, -0.1) is 0 Å². The van der Waals surface area contributed by atoms with Gasteiger partial charge in [-0.1, -0.05) is 0 Å². The number of pyridine rings is 1. The first-order valence-corrected chi connectivity index (χ1v) is 7.92. The lowest BCUT2D eigenvalue weighted by atomic mass is 10.2. The van der Waals surface area contributed by atoms with E-state index in [1.54, 1.807) is 35.3 Å². The minimum absolute atomic E-state index is 0.0721. The molecule has 9 nitrogen and oxygen atoms in total. The molecule has 25 heavy (non-hydrogen) atoms. The molecule has 0 saturated carbocycles. The molecule has 2 aromatic rings. The summed E-state index contributed by atoms with van der Waals surface area (Å²) in [7, 11) is 1.58. The first-order chi connectivity index (χ1) is 12.2. The van der Waals surface area contributed by atoms with Crippen molar-refractivity contribution in [3.8, 4) is 5.82 Å². The number of rotatable bonds is 6. The van der Waals surface area contributed by atoms with Crippen molar-refractivity contribution in [2.75, 3.05) is 33.5 Å². The Morgan fingerprint density at radius 2 is 2.28 bits per heavy atom. The molecule has 132 valence electrons. The minimum Gasteiger partial charge on any atom is -0.383 e. The summed E-state index contributed by atoms with van der Waals surface area (Å²) in [6.07, 6.45) is 5.15. The maximum Gasteiger partial charge on any atom is 0.319 e. The average molecular weight is 344 g/mol. The molecule has 1 aliphatic rings. The number of methoxy groups -OCH3 is 1. The lowest BCUT2D eigenvalue weighted by molar-refractivity contribution is -0.127. The molecular weight excluding hydrogens is 324 g/mol. The number of hydrogen-bond donors (Lipinski definition) is 1. The number of amides is 3. The normalized spacial score (nSPS) is 14.2. The lowest BCUT2D eigenvalue weighted by Gasteiger charge is -2.18. The zero-order valence-electron chi connectivity index (χ0n) is 14.0. The number of nitrogens with one attached hydrogen (secondary N) is 1. The monoisotopic (exact) mass is 344 g/mol. The number of carbonyl (C=O) groups is 2. The van der Waals surface area contributed by atoms with Crippen molar-refractivity contribution in [3.63, 3.8) is 0 Å². The molecule has 1 saturated heterocycles. The van der Waals surface area contributed by atoms with E-state index in [4.69, 9.17) is 4.74 Å². The summed E-state index contributed by atoms with van der Waals surface area (Å²) in [6, 6.07) is 5.22. The van der Waals surface area contributed by atoms with Crippen LogP contribution in [0.4, 0.5) is 4.79 Å². The van der Waals surface area contributed by atoms with Gasteiger partial charge in [0.15, 0.2) is 5.82 Å². The van der Waals surface area contributed by atoms with Gasteiger partial charge in [0.1, 0.15) is 6.54 Å². The van der Waals surface area contributed by atoms with Gasteiger partial charge in [0.2, 0.25) is 5.91 Å². The summed E-state index contributed by atoms with van der Waals surface area (Å²) in [5.41, 5.74) is 0.899. The molecule has 9 heteroatoms. The number of nitrogens with zero attached hydrogens (tertiary/aromatic N) is 5. The van der Waals surface area contributed by atoms with Crippen LogP contribution < -0.4 is 5.32 Å². The molecule has 0 radical (unpaired) electrons. The third-order valence-corrected chi connectivity index (χ3v) is 3.87. The van der Waals surface area contributed by atoms with Crippen molar-refractivity contribution in [1.29, 1.82) is 0 Å². The van der Waals surface area contributed by atoms with Gasteiger partial charge in [-0.05, 0) is 23.8 Å². The van der Waals surface area contributed by atoms with Crippen molar-refractivity contribution < 1.29 is 14.3 Å². The van der Waals surface area contributed by atoms with Gasteiger partial charge in [0, 0.05) is 38.8 Å². The Bertz CT molecular complexity index is 733. The predicted octanol–water partition coefficient (Wildman–Crippen LogP) is 0.225. The SMILES string of the molecule is COCCN1CN(C(=O)NCc2ccnc(-n3cccn3)c2)CC1=O. The fraction of sp³-hybridized carbons (Fsp3) is 0.375. The highest BCUT2D eigenvalue weighted by molar-refractivity contribution is 5.87. The van der Waals surface area contributed by atoms with Crippen LogP contribution in [-0.4, -0.2) is 70.0 Å². The van der Waals surface area contributed by atoms with E-state index in [0.29, 0.717) is 25.5 Å². The van der Waals surface area contributed by atoms with Crippen LogP contribution in [0.5, 0.6) is 0 Å². The van der Waals surface area contributed by atoms with Gasteiger partial charge in [0.25, 0.3) is 0 Å². The second kappa shape index (κ2) is 7.75. The minimum atomic E-state index is -0.272. The first-order valence-electron chi connectivity index (χ1n) is 7.92. The molecule has 3 heterocycles. The molecule has 0 spiro atoms. The summed E-state index contributed by atoms with van der Waals surface area (Å²) in [4.78, 5) is 31.5. The molecule has 1 fully saturated rings. The standard InChI is InChI=1S/C16H20N6O3/c1-25-8-7-20-12-21(11-15(20)23)16(24)18-10-13-3-5-17-14(9-13)22-6-2-4-19-22/h2-6,9H,7-8,10-12H2,1H3,(H,18,24). The van der Waals surface area contributed by atoms with Crippen LogP contribution in [0.3, 0.4) is 0 Å². The molecule has 3 amide bonds. The number of urea groups is 1. The molecule has 0 bridgehead atoms. The molecule has 1 aliphatic heterocycles. The summed E-state index contributed by atoms with van der Waals surface area (Å²) in [5, 5.41) is 6.96. The smallest absolute Gasteiger partial charge is 0.319 e. The average Bonchev–Trinajstić information content (AvgIpc) is 3.28. The van der Waals surface area contributed by atoms with E-state index in [9.17, 15) is 9.59 Å². The maximum atomic E-state index is 12.3. The molecule has 0 atom stereocenters. The van der Waals surface area contributed by atoms with Crippen molar-refractivity contribution in [3.05, 3.63) is 42.4 Å². The van der Waals surface area contributed by atoms with Gasteiger partial charge in [0.05, 0.1) is 13.3 Å². The fourth-order valence-corrected chi connectivity index (χ4v) is 2.52. The highest BCUT2D eigenvalue weighted by Crippen LogP contribution is 2.09. The summed E-state index contributed by atoms with van der Waals surface area (Å²) < 4.78 is 6.62. The number of hydrogen-bond acceptors (Lipinski definition) is 5. The van der Waals surface area contributed by atoms with Gasteiger partial charge < -0.3 is 15.0 Å². The quantitative estimate of drug-likeness (QED) is 0.809. The van der Waals surface area contributed by atoms with E-state index in [1.807, 2.05) is 18.2 Å². The van der Waals surface area contributed by atoms with Crippen molar-refractivity contribution in [2.24, 2.45) is 0 Å². The number of carbonyl (C=O) groups excluding carboxylic acids is 2. The van der Waals surface area contributed by atoms with Crippen LogP contribution in [0.1, 0.15) is 5.56 Å². The lowest BCUT2D eigenvalue weighted by Crippen LogP contribution is -2.39. The zero-order valence-corrected chi connectivity index (χ0v) is 14.0. The fourth-order valence-electron chi connectivity index (χ4n) is 2.52. The van der Waals surface area contributed by atoms with Gasteiger partial charge in [-0.25, -0.2) is 14.5 Å². The topological polar surface area (TPSA) is 92.6 Å². The van der Waals surface area contributed by atoms with Crippen LogP contribution >= 0.6 is 0 Å². The Balaban J connectivity index is 1.54. The molecule has 0 aromatic carbocycles. The van der Waals surface area contributed by atoms with Gasteiger partial charge >= 0.3 is 6.03 Å². The Kier molecular flexibility index (Phi) is 5.24. The van der Waals surface area contributed by atoms with Crippen LogP contribution in [0.15, 0.2) is 36.8 Å². The second-order valence-electron chi connectivity index (χ2n) is 5.62. The summed E-state index contributed by atoms with van der Waals surface area (Å²) in [5.74, 6) is 0.607. The van der Waals surface area contributed by atoms with E-state index in [0.717, 1.165) is 5.56 Å². The predicted molar refractivity (Wildman–Crippen MR) is 88.8 cm³/mol. The Morgan fingerprint density at radius 1 is 1.40 bits per heavy atom. The van der Waals surface area contributed by atoms with Gasteiger partial charge in [-0.2, -0.15) is 5.10 Å². The van der Waals surface area contributed by atoms with Crippen molar-refractivity contribution in [2.45, 2.75) is 6.54 Å². The number of ether oxygens (including phenoxy) is 1. The highest BCUT2D eigenvalue weighted by atomic mass is 16.5. The summed E-state index contributed by atoms with van der Waals surface area (Å²) >= 11 is 0. The molecule has 2 aromatic heterocycles. The van der Waals surface area contributed by atoms with E-state index in [1.165, 1.54) is 4.90 Å². The van der Waals surface area contributed by atoms with Crippen molar-refractivity contribution in [1.82, 2.24) is 29.9 Å². The summed E-state index contributed by atoms with van der Waals surface area (Å²) in [6.45, 7) is 1.65. The molecular formula is C16H20N6O3. The molecule has 1 N–H and O–H groups in total. The third kappa shape index (κ3) is 4.13. The Labute approximate surface area is 145 Å². The van der Waals surface area contributed by atoms with Gasteiger partial charge in [-0.3, -0.25) is 9.69 Å². The van der Waals surface area contributed by atoms with E-state index >= 15 is 0 Å². The van der Waals surface area contributed by atoms with Crippen LogP contribution in [-0.2, 0) is 16.1 Å². The van der Waals surface area contributed by atoms with Crippen molar-refractivity contribution >= 4 is 11.9 Å². The van der Waals surface area contributed by atoms with Crippen LogP contribution in [0.2, 0.25) is 0 Å². The molecule has 0 unspecified atom stereocenters. The first kappa shape index (κ1) is 16.9. The highest BCUT2D eigenvalue weighted by Gasteiger charge is 2.30. The van der Waals surface area contributed by atoms with E-state index in [2.05, 4.69) is 15.4 Å². The maximum absolute atomic E-state index is 12.3. The Morgan fingerprint density at radius 3 is 3.04 bits per heavy atom. The largest absolute Gasteiger partial charge is 0.383 e. The molecule has 0 aliphatic carbocycles. The zero-order chi connectivity index (χ0) is 17.6. The molecule has 3 rings (SSSR count). The van der Waals surface area contributed by atoms with E-state index < -0.39 is 0 Å². The Hall–Kier alpha value is -2.94. The van der Waals surface area contributed by atoms with E-state index in [-0.39, 0.29) is 25.2 Å². The number of aromatic nitrogens is 3. The third-order valence-electron chi connectivity index (χ3n) is 3.87. The second-order valence-corrected chi connectivity index (χ2v) is 5.62. The van der Waals surface area contributed by atoms with Crippen LogP contribution in [0.25, 0.3) is 5.82 Å². The van der Waals surface area contributed by atoms with Crippen LogP contribution in [0, 0.1) is 0 Å².